The van der Waals surface area contributed by atoms with E-state index in [0.717, 1.165) is 6.26 Å². The van der Waals surface area contributed by atoms with E-state index >= 15 is 0 Å². The van der Waals surface area contributed by atoms with Crippen LogP contribution in [0.25, 0.3) is 0 Å². The first kappa shape index (κ1) is 12.3. The minimum absolute atomic E-state index is 0.209. The van der Waals surface area contributed by atoms with Crippen LogP contribution < -0.4 is 15.2 Å². The first-order valence-electron chi connectivity index (χ1n) is 4.36. The molecule has 0 aliphatic heterocycles. The molecule has 0 bridgehead atoms. The first-order chi connectivity index (χ1) is 7.37. The lowest BCUT2D eigenvalue weighted by Crippen LogP contribution is -2.20. The van der Waals surface area contributed by atoms with E-state index in [1.807, 2.05) is 0 Å². The number of hydrogen-bond acceptors (Lipinski definition) is 4. The highest BCUT2D eigenvalue weighted by Crippen LogP contribution is 2.16. The van der Waals surface area contributed by atoms with Gasteiger partial charge in [-0.25, -0.2) is 8.42 Å². The molecule has 0 heterocycles. The summed E-state index contributed by atoms with van der Waals surface area (Å²) < 4.78 is 29.1. The molecule has 1 aromatic rings. The van der Waals surface area contributed by atoms with Crippen molar-refractivity contribution in [1.29, 1.82) is 0 Å². The molecular formula is C9H12N2O4S. The predicted octanol–water partition coefficient (Wildman–Crippen LogP) is -0.0778. The van der Waals surface area contributed by atoms with Crippen molar-refractivity contribution < 1.29 is 17.9 Å². The Morgan fingerprint density at radius 1 is 1.38 bits per heavy atom. The molecule has 0 spiro atoms. The summed E-state index contributed by atoms with van der Waals surface area (Å²) in [4.78, 5) is 10.4. The second-order valence-corrected chi connectivity index (χ2v) is 4.90. The lowest BCUT2D eigenvalue weighted by molar-refractivity contribution is -0.119. The third kappa shape index (κ3) is 4.65. The largest absolute Gasteiger partial charge is 0.484 e. The van der Waals surface area contributed by atoms with Gasteiger partial charge >= 0.3 is 0 Å². The van der Waals surface area contributed by atoms with E-state index in [0.29, 0.717) is 11.4 Å². The molecule has 0 fully saturated rings. The summed E-state index contributed by atoms with van der Waals surface area (Å²) in [5.74, 6) is -0.129. The summed E-state index contributed by atoms with van der Waals surface area (Å²) in [5.41, 5.74) is 5.32. The van der Waals surface area contributed by atoms with Gasteiger partial charge in [0.05, 0.1) is 6.26 Å². The minimum Gasteiger partial charge on any atom is -0.484 e. The van der Waals surface area contributed by atoms with Gasteiger partial charge in [0.1, 0.15) is 5.75 Å². The molecule has 0 aromatic heterocycles. The second kappa shape index (κ2) is 4.84. The lowest BCUT2D eigenvalue weighted by atomic mass is 10.3. The van der Waals surface area contributed by atoms with Crippen molar-refractivity contribution in [2.75, 3.05) is 17.6 Å². The Hall–Kier alpha value is -1.76. The monoisotopic (exact) mass is 244 g/mol. The van der Waals surface area contributed by atoms with Crippen molar-refractivity contribution in [3.63, 3.8) is 0 Å². The molecule has 0 saturated heterocycles. The topological polar surface area (TPSA) is 98.5 Å². The van der Waals surface area contributed by atoms with E-state index in [1.54, 1.807) is 0 Å². The Balaban J connectivity index is 2.64. The zero-order valence-electron chi connectivity index (χ0n) is 8.64. The van der Waals surface area contributed by atoms with Crippen LogP contribution >= 0.6 is 0 Å². The highest BCUT2D eigenvalue weighted by atomic mass is 32.2. The Bertz CT molecular complexity index is 467. The SMILES string of the molecule is CS(=O)(=O)Nc1ccc(OCC(N)=O)cc1. The van der Waals surface area contributed by atoms with E-state index in [1.165, 1.54) is 24.3 Å². The number of anilines is 1. The molecular weight excluding hydrogens is 232 g/mol. The zero-order valence-corrected chi connectivity index (χ0v) is 9.45. The fourth-order valence-corrected chi connectivity index (χ4v) is 1.55. The highest BCUT2D eigenvalue weighted by molar-refractivity contribution is 7.92. The normalized spacial score (nSPS) is 10.8. The quantitative estimate of drug-likeness (QED) is 0.757. The molecule has 16 heavy (non-hydrogen) atoms. The van der Waals surface area contributed by atoms with Gasteiger partial charge in [-0.3, -0.25) is 9.52 Å². The highest BCUT2D eigenvalue weighted by Gasteiger charge is 2.02. The third-order valence-corrected chi connectivity index (χ3v) is 2.15. The van der Waals surface area contributed by atoms with Gasteiger partial charge in [0, 0.05) is 5.69 Å². The molecule has 1 aromatic carbocycles. The Morgan fingerprint density at radius 2 is 1.94 bits per heavy atom. The first-order valence-corrected chi connectivity index (χ1v) is 6.25. The maximum atomic E-state index is 10.9. The summed E-state index contributed by atoms with van der Waals surface area (Å²) >= 11 is 0. The standard InChI is InChI=1S/C9H12N2O4S/c1-16(13,14)11-7-2-4-8(5-3-7)15-6-9(10)12/h2-5,11H,6H2,1H3,(H2,10,12). The zero-order chi connectivity index (χ0) is 12.2. The number of benzene rings is 1. The summed E-state index contributed by atoms with van der Waals surface area (Å²) in [7, 11) is -3.28. The number of nitrogens with one attached hydrogen (secondary N) is 1. The van der Waals surface area contributed by atoms with Crippen molar-refractivity contribution in [3.05, 3.63) is 24.3 Å². The number of primary amides is 1. The average Bonchev–Trinajstić information content (AvgIpc) is 2.14. The van der Waals surface area contributed by atoms with Gasteiger partial charge in [-0.15, -0.1) is 0 Å². The van der Waals surface area contributed by atoms with Crippen LogP contribution in [-0.2, 0) is 14.8 Å². The van der Waals surface area contributed by atoms with Gasteiger partial charge in [0.25, 0.3) is 5.91 Å². The number of sulfonamides is 1. The summed E-state index contributed by atoms with van der Waals surface area (Å²) in [6.45, 7) is -0.209. The Kier molecular flexibility index (Phi) is 3.73. The van der Waals surface area contributed by atoms with Gasteiger partial charge in [0.2, 0.25) is 10.0 Å². The predicted molar refractivity (Wildman–Crippen MR) is 59.6 cm³/mol. The van der Waals surface area contributed by atoms with E-state index in [9.17, 15) is 13.2 Å². The fourth-order valence-electron chi connectivity index (χ4n) is 0.988. The number of rotatable bonds is 5. The maximum absolute atomic E-state index is 10.9. The molecule has 6 nitrogen and oxygen atoms in total. The van der Waals surface area contributed by atoms with Gasteiger partial charge in [-0.2, -0.15) is 0 Å². The van der Waals surface area contributed by atoms with Crippen molar-refractivity contribution in [3.8, 4) is 5.75 Å². The number of amides is 1. The molecule has 1 rings (SSSR count). The van der Waals surface area contributed by atoms with E-state index in [-0.39, 0.29) is 6.61 Å². The van der Waals surface area contributed by atoms with Gasteiger partial charge in [-0.05, 0) is 24.3 Å². The van der Waals surface area contributed by atoms with Crippen molar-refractivity contribution in [2.24, 2.45) is 5.73 Å². The number of carbonyl (C=O) groups is 1. The summed E-state index contributed by atoms with van der Waals surface area (Å²) in [5, 5.41) is 0. The Morgan fingerprint density at radius 3 is 2.38 bits per heavy atom. The van der Waals surface area contributed by atoms with Crippen LogP contribution in [0, 0.1) is 0 Å². The molecule has 1 amide bonds. The van der Waals surface area contributed by atoms with Crippen molar-refractivity contribution in [2.45, 2.75) is 0 Å². The molecule has 88 valence electrons. The van der Waals surface area contributed by atoms with Crippen molar-refractivity contribution in [1.82, 2.24) is 0 Å². The van der Waals surface area contributed by atoms with Crippen LogP contribution in [0.1, 0.15) is 0 Å². The van der Waals surface area contributed by atoms with Crippen LogP contribution in [0.5, 0.6) is 5.75 Å². The van der Waals surface area contributed by atoms with E-state index < -0.39 is 15.9 Å². The van der Waals surface area contributed by atoms with Crippen LogP contribution in [0.2, 0.25) is 0 Å². The van der Waals surface area contributed by atoms with Gasteiger partial charge in [-0.1, -0.05) is 0 Å². The molecule has 0 aliphatic rings. The second-order valence-electron chi connectivity index (χ2n) is 3.15. The maximum Gasteiger partial charge on any atom is 0.255 e. The molecule has 0 aliphatic carbocycles. The van der Waals surface area contributed by atoms with Crippen molar-refractivity contribution >= 4 is 21.6 Å². The smallest absolute Gasteiger partial charge is 0.255 e. The van der Waals surface area contributed by atoms with E-state index in [4.69, 9.17) is 10.5 Å². The average molecular weight is 244 g/mol. The molecule has 7 heteroatoms. The van der Waals surface area contributed by atoms with Gasteiger partial charge < -0.3 is 10.5 Å². The number of carbonyl (C=O) groups excluding carboxylic acids is 1. The number of hydrogen-bond donors (Lipinski definition) is 2. The summed E-state index contributed by atoms with van der Waals surface area (Å²) in [6, 6.07) is 6.13. The molecule has 0 radical (unpaired) electrons. The molecule has 0 unspecified atom stereocenters. The molecule has 0 saturated carbocycles. The summed E-state index contributed by atoms with van der Waals surface area (Å²) in [6.07, 6.45) is 1.06. The Labute approximate surface area is 93.5 Å². The van der Waals surface area contributed by atoms with Crippen LogP contribution in [0.3, 0.4) is 0 Å². The molecule has 0 atom stereocenters. The number of nitrogens with two attached hydrogens (primary N) is 1. The van der Waals surface area contributed by atoms with Gasteiger partial charge in [0.15, 0.2) is 6.61 Å². The minimum atomic E-state index is -3.28. The number of ether oxygens (including phenoxy) is 1. The van der Waals surface area contributed by atoms with Crippen LogP contribution in [-0.4, -0.2) is 27.2 Å². The molecule has 3 N–H and O–H groups in total. The lowest BCUT2D eigenvalue weighted by Gasteiger charge is -2.06. The van der Waals surface area contributed by atoms with E-state index in [2.05, 4.69) is 4.72 Å². The van der Waals surface area contributed by atoms with Crippen LogP contribution in [0.4, 0.5) is 5.69 Å². The fraction of sp³-hybridized carbons (Fsp3) is 0.222. The third-order valence-electron chi connectivity index (χ3n) is 1.54. The van der Waals surface area contributed by atoms with Crippen LogP contribution in [0.15, 0.2) is 24.3 Å².